The first-order valence-corrected chi connectivity index (χ1v) is 7.76. The summed E-state index contributed by atoms with van der Waals surface area (Å²) in [5, 5.41) is 8.13. The smallest absolute Gasteiger partial charge is 0.226 e. The van der Waals surface area contributed by atoms with E-state index in [9.17, 15) is 4.79 Å². The van der Waals surface area contributed by atoms with Crippen molar-refractivity contribution < 1.29 is 4.79 Å². The van der Waals surface area contributed by atoms with Gasteiger partial charge in [-0.2, -0.15) is 5.10 Å². The fraction of sp³-hybridized carbons (Fsp3) is 0.375. The van der Waals surface area contributed by atoms with Gasteiger partial charge in [0, 0.05) is 12.5 Å². The Kier molecular flexibility index (Phi) is 5.14. The number of amides is 1. The van der Waals surface area contributed by atoms with E-state index < -0.39 is 0 Å². The lowest BCUT2D eigenvalue weighted by Gasteiger charge is -2.17. The van der Waals surface area contributed by atoms with E-state index in [-0.39, 0.29) is 11.3 Å². The second-order valence-corrected chi connectivity index (χ2v) is 7.16. The van der Waals surface area contributed by atoms with E-state index in [1.807, 2.05) is 32.9 Å². The summed E-state index contributed by atoms with van der Waals surface area (Å²) in [6, 6.07) is 7.23. The molecule has 0 atom stereocenters. The predicted octanol–water partition coefficient (Wildman–Crippen LogP) is 4.61. The van der Waals surface area contributed by atoms with Gasteiger partial charge in [0.05, 0.1) is 22.8 Å². The van der Waals surface area contributed by atoms with Gasteiger partial charge in [0.15, 0.2) is 0 Å². The molecular weight excluding hydrogens is 321 g/mol. The Bertz CT molecular complexity index is 674. The largest absolute Gasteiger partial charge is 0.311 e. The van der Waals surface area contributed by atoms with Crippen LogP contribution >= 0.6 is 23.2 Å². The highest BCUT2D eigenvalue weighted by atomic mass is 35.5. The number of rotatable bonds is 4. The second kappa shape index (κ2) is 6.71. The van der Waals surface area contributed by atoms with Crippen LogP contribution in [0.1, 0.15) is 32.8 Å². The molecule has 0 fully saturated rings. The first-order chi connectivity index (χ1) is 10.3. The summed E-state index contributed by atoms with van der Waals surface area (Å²) in [7, 11) is 0. The Hall–Kier alpha value is -1.52. The molecule has 0 aliphatic carbocycles. The van der Waals surface area contributed by atoms with Crippen molar-refractivity contribution in [2.75, 3.05) is 5.32 Å². The highest BCUT2D eigenvalue weighted by Crippen LogP contribution is 2.27. The topological polar surface area (TPSA) is 46.9 Å². The third-order valence-corrected chi connectivity index (χ3v) is 3.88. The van der Waals surface area contributed by atoms with Crippen LogP contribution < -0.4 is 5.32 Å². The van der Waals surface area contributed by atoms with Gasteiger partial charge in [-0.05, 0) is 17.0 Å². The van der Waals surface area contributed by atoms with Crippen LogP contribution in [-0.4, -0.2) is 15.7 Å². The number of hydrogen-bond acceptors (Lipinski definition) is 2. The zero-order valence-corrected chi connectivity index (χ0v) is 14.4. The fourth-order valence-corrected chi connectivity index (χ4v) is 2.45. The number of nitrogens with one attached hydrogen (secondary N) is 1. The van der Waals surface area contributed by atoms with Crippen molar-refractivity contribution in [1.82, 2.24) is 9.78 Å². The Labute approximate surface area is 140 Å². The molecule has 0 aliphatic heterocycles. The van der Waals surface area contributed by atoms with E-state index in [0.717, 1.165) is 5.56 Å². The van der Waals surface area contributed by atoms with Crippen molar-refractivity contribution >= 4 is 34.9 Å². The number of halogens is 2. The van der Waals surface area contributed by atoms with Crippen LogP contribution in [0.25, 0.3) is 0 Å². The van der Waals surface area contributed by atoms with Gasteiger partial charge in [-0.15, -0.1) is 0 Å². The summed E-state index contributed by atoms with van der Waals surface area (Å²) < 4.78 is 1.69. The maximum Gasteiger partial charge on any atom is 0.226 e. The molecule has 1 aromatic carbocycles. The third kappa shape index (κ3) is 4.49. The monoisotopic (exact) mass is 339 g/mol. The van der Waals surface area contributed by atoms with Gasteiger partial charge in [0.25, 0.3) is 0 Å². The molecule has 1 N–H and O–H groups in total. The highest BCUT2D eigenvalue weighted by Gasteiger charge is 2.17. The molecule has 1 aromatic heterocycles. The number of benzene rings is 1. The molecule has 0 unspecified atom stereocenters. The summed E-state index contributed by atoms with van der Waals surface area (Å²) >= 11 is 12.2. The van der Waals surface area contributed by atoms with Crippen LogP contribution in [-0.2, 0) is 11.3 Å². The number of hydrogen-bond donors (Lipinski definition) is 1. The van der Waals surface area contributed by atoms with Gasteiger partial charge in [0.1, 0.15) is 5.82 Å². The van der Waals surface area contributed by atoms with Gasteiger partial charge in [-0.1, -0.05) is 56.1 Å². The first-order valence-electron chi connectivity index (χ1n) is 7.01. The normalized spacial score (nSPS) is 11.5. The van der Waals surface area contributed by atoms with Crippen LogP contribution in [0.5, 0.6) is 0 Å². The molecule has 1 amide bonds. The third-order valence-electron chi connectivity index (χ3n) is 3.03. The number of aromatic nitrogens is 2. The standard InChI is InChI=1S/C16H19Cl2N3O/c1-16(2,3)9-14(22)20-13-7-8-19-21(13)10-11-5-4-6-12(17)15(11)18/h4-8H,9-10H2,1-3H3,(H,20,22). The number of anilines is 1. The van der Waals surface area contributed by atoms with Crippen molar-refractivity contribution in [2.45, 2.75) is 33.7 Å². The number of nitrogens with zero attached hydrogens (tertiary/aromatic N) is 2. The average Bonchev–Trinajstić information content (AvgIpc) is 2.80. The van der Waals surface area contributed by atoms with Gasteiger partial charge < -0.3 is 5.32 Å². The maximum atomic E-state index is 12.1. The molecule has 2 aromatic rings. The zero-order chi connectivity index (χ0) is 16.3. The molecule has 118 valence electrons. The predicted molar refractivity (Wildman–Crippen MR) is 90.5 cm³/mol. The van der Waals surface area contributed by atoms with Gasteiger partial charge in [-0.25, -0.2) is 4.68 Å². The van der Waals surface area contributed by atoms with Gasteiger partial charge >= 0.3 is 0 Å². The maximum absolute atomic E-state index is 12.1. The lowest BCUT2D eigenvalue weighted by molar-refractivity contribution is -0.117. The van der Waals surface area contributed by atoms with E-state index in [1.165, 1.54) is 0 Å². The number of carbonyl (C=O) groups excluding carboxylic acids is 1. The summed E-state index contributed by atoms with van der Waals surface area (Å²) in [5.74, 6) is 0.608. The van der Waals surface area contributed by atoms with Crippen molar-refractivity contribution in [2.24, 2.45) is 5.41 Å². The Morgan fingerprint density at radius 3 is 2.68 bits per heavy atom. The second-order valence-electron chi connectivity index (χ2n) is 6.37. The molecule has 0 spiro atoms. The molecule has 0 aliphatic rings. The Balaban J connectivity index is 2.13. The average molecular weight is 340 g/mol. The first kappa shape index (κ1) is 16.8. The zero-order valence-electron chi connectivity index (χ0n) is 12.9. The van der Waals surface area contributed by atoms with E-state index in [1.54, 1.807) is 23.0 Å². The SMILES string of the molecule is CC(C)(C)CC(=O)Nc1ccnn1Cc1cccc(Cl)c1Cl. The molecule has 0 radical (unpaired) electrons. The molecule has 6 heteroatoms. The van der Waals surface area contributed by atoms with Crippen LogP contribution in [0.3, 0.4) is 0 Å². The minimum absolute atomic E-state index is 0.0357. The summed E-state index contributed by atoms with van der Waals surface area (Å²) in [6.45, 7) is 6.51. The van der Waals surface area contributed by atoms with Crippen LogP contribution in [0.15, 0.2) is 30.5 Å². The molecule has 22 heavy (non-hydrogen) atoms. The lowest BCUT2D eigenvalue weighted by Crippen LogP contribution is -2.21. The van der Waals surface area contributed by atoms with Crippen molar-refractivity contribution in [1.29, 1.82) is 0 Å². The highest BCUT2D eigenvalue weighted by molar-refractivity contribution is 6.42. The van der Waals surface area contributed by atoms with Crippen molar-refractivity contribution in [3.8, 4) is 0 Å². The molecular formula is C16H19Cl2N3O. The molecule has 0 bridgehead atoms. The van der Waals surface area contributed by atoms with E-state index in [2.05, 4.69) is 10.4 Å². The summed E-state index contributed by atoms with van der Waals surface area (Å²) in [6.07, 6.45) is 2.08. The Morgan fingerprint density at radius 2 is 2.00 bits per heavy atom. The number of carbonyl (C=O) groups is 1. The molecule has 4 nitrogen and oxygen atoms in total. The fourth-order valence-electron chi connectivity index (χ4n) is 2.07. The molecule has 0 saturated carbocycles. The van der Waals surface area contributed by atoms with Crippen molar-refractivity contribution in [3.05, 3.63) is 46.1 Å². The van der Waals surface area contributed by atoms with E-state index >= 15 is 0 Å². The van der Waals surface area contributed by atoms with Gasteiger partial charge in [-0.3, -0.25) is 4.79 Å². The van der Waals surface area contributed by atoms with Crippen LogP contribution in [0.4, 0.5) is 5.82 Å². The van der Waals surface area contributed by atoms with Crippen molar-refractivity contribution in [3.63, 3.8) is 0 Å². The molecule has 2 rings (SSSR count). The minimum Gasteiger partial charge on any atom is -0.311 e. The molecule has 1 heterocycles. The van der Waals surface area contributed by atoms with E-state index in [4.69, 9.17) is 23.2 Å². The van der Waals surface area contributed by atoms with E-state index in [0.29, 0.717) is 28.8 Å². The summed E-state index contributed by atoms with van der Waals surface area (Å²) in [4.78, 5) is 12.1. The van der Waals surface area contributed by atoms with Crippen LogP contribution in [0, 0.1) is 5.41 Å². The van der Waals surface area contributed by atoms with Crippen LogP contribution in [0.2, 0.25) is 10.0 Å². The quantitative estimate of drug-likeness (QED) is 0.883. The lowest BCUT2D eigenvalue weighted by atomic mass is 9.92. The Morgan fingerprint density at radius 1 is 1.27 bits per heavy atom. The molecule has 0 saturated heterocycles. The van der Waals surface area contributed by atoms with Gasteiger partial charge in [0.2, 0.25) is 5.91 Å². The summed E-state index contributed by atoms with van der Waals surface area (Å²) in [5.41, 5.74) is 0.787. The minimum atomic E-state index is -0.0643.